The van der Waals surface area contributed by atoms with E-state index < -0.39 is 15.1 Å². The van der Waals surface area contributed by atoms with Crippen LogP contribution in [0.15, 0.2) is 23.1 Å². The van der Waals surface area contributed by atoms with E-state index in [4.69, 9.17) is 17.3 Å². The lowest BCUT2D eigenvalue weighted by Gasteiger charge is -2.20. The van der Waals surface area contributed by atoms with E-state index in [1.165, 1.54) is 25.1 Å². The summed E-state index contributed by atoms with van der Waals surface area (Å²) in [6, 6.07) is 4.10. The predicted molar refractivity (Wildman–Crippen MR) is 78.3 cm³/mol. The molecule has 1 aliphatic rings. The van der Waals surface area contributed by atoms with E-state index in [1.807, 2.05) is 0 Å². The van der Waals surface area contributed by atoms with Crippen LogP contribution in [0.3, 0.4) is 0 Å². The van der Waals surface area contributed by atoms with Gasteiger partial charge in [0.25, 0.3) is 0 Å². The number of carbonyl (C=O) groups excluding carboxylic acids is 1. The zero-order valence-electron chi connectivity index (χ0n) is 11.2. The third-order valence-corrected chi connectivity index (χ3v) is 5.90. The fraction of sp³-hybridized carbons (Fsp3) is 0.462. The minimum atomic E-state index is -3.75. The molecular weight excluding hydrogens is 300 g/mol. The van der Waals surface area contributed by atoms with Crippen LogP contribution < -0.4 is 5.73 Å². The molecule has 2 N–H and O–H groups in total. The standard InChI is InChI=1S/C13H17ClN2O3S/c1-9(13(17)16-6-2-3-7-16)20(18,19)10-4-5-12(15)11(14)8-10/h4-5,8-9H,2-3,6-7,15H2,1H3. The molecule has 7 heteroatoms. The number of nitrogens with two attached hydrogens (primary N) is 1. The molecular formula is C13H17ClN2O3S. The number of benzene rings is 1. The highest BCUT2D eigenvalue weighted by molar-refractivity contribution is 7.92. The maximum atomic E-state index is 12.4. The van der Waals surface area contributed by atoms with Crippen molar-refractivity contribution in [2.24, 2.45) is 0 Å². The maximum absolute atomic E-state index is 12.4. The number of likely N-dealkylation sites (tertiary alicyclic amines) is 1. The van der Waals surface area contributed by atoms with Crippen molar-refractivity contribution in [2.75, 3.05) is 18.8 Å². The molecule has 0 aromatic heterocycles. The Morgan fingerprint density at radius 1 is 1.35 bits per heavy atom. The lowest BCUT2D eigenvalue weighted by molar-refractivity contribution is -0.129. The number of sulfone groups is 1. The van der Waals surface area contributed by atoms with Crippen molar-refractivity contribution in [1.29, 1.82) is 0 Å². The number of amides is 1. The van der Waals surface area contributed by atoms with E-state index in [9.17, 15) is 13.2 Å². The summed E-state index contributed by atoms with van der Waals surface area (Å²) in [5.74, 6) is -0.351. The normalized spacial score (nSPS) is 17.2. The van der Waals surface area contributed by atoms with E-state index in [0.717, 1.165) is 12.8 Å². The first-order valence-electron chi connectivity index (χ1n) is 6.42. The topological polar surface area (TPSA) is 80.5 Å². The van der Waals surface area contributed by atoms with Crippen LogP contribution in [0.2, 0.25) is 5.02 Å². The molecule has 2 rings (SSSR count). The van der Waals surface area contributed by atoms with Gasteiger partial charge in [-0.15, -0.1) is 0 Å². The van der Waals surface area contributed by atoms with Crippen LogP contribution >= 0.6 is 11.6 Å². The van der Waals surface area contributed by atoms with Gasteiger partial charge in [-0.3, -0.25) is 4.79 Å². The monoisotopic (exact) mass is 316 g/mol. The molecule has 1 aromatic carbocycles. The molecule has 1 unspecified atom stereocenters. The molecule has 1 aliphatic heterocycles. The number of nitrogen functional groups attached to an aromatic ring is 1. The van der Waals surface area contributed by atoms with E-state index in [-0.39, 0.29) is 15.8 Å². The van der Waals surface area contributed by atoms with Crippen molar-refractivity contribution in [2.45, 2.75) is 29.9 Å². The Morgan fingerprint density at radius 2 is 1.95 bits per heavy atom. The average Bonchev–Trinajstić information content (AvgIpc) is 2.94. The van der Waals surface area contributed by atoms with E-state index in [2.05, 4.69) is 0 Å². The molecule has 0 radical (unpaired) electrons. The number of hydrogen-bond acceptors (Lipinski definition) is 4. The van der Waals surface area contributed by atoms with Gasteiger partial charge in [-0.1, -0.05) is 11.6 Å². The highest BCUT2D eigenvalue weighted by Gasteiger charge is 2.34. The summed E-state index contributed by atoms with van der Waals surface area (Å²) < 4.78 is 24.9. The molecule has 20 heavy (non-hydrogen) atoms. The van der Waals surface area contributed by atoms with Gasteiger partial charge in [-0.25, -0.2) is 8.42 Å². The highest BCUT2D eigenvalue weighted by Crippen LogP contribution is 2.26. The molecule has 1 fully saturated rings. The van der Waals surface area contributed by atoms with Gasteiger partial charge >= 0.3 is 0 Å². The van der Waals surface area contributed by atoms with Crippen LogP contribution in [0, 0.1) is 0 Å². The van der Waals surface area contributed by atoms with Crippen LogP contribution in [-0.4, -0.2) is 37.6 Å². The number of nitrogens with zero attached hydrogens (tertiary/aromatic N) is 1. The Morgan fingerprint density at radius 3 is 2.50 bits per heavy atom. The summed E-state index contributed by atoms with van der Waals surface area (Å²) in [5, 5.41) is -0.938. The number of halogens is 1. The summed E-state index contributed by atoms with van der Waals surface area (Å²) >= 11 is 5.85. The summed E-state index contributed by atoms with van der Waals surface area (Å²) in [6.45, 7) is 2.67. The molecule has 1 aromatic rings. The first kappa shape index (κ1) is 15.1. The molecule has 1 amide bonds. The number of rotatable bonds is 3. The van der Waals surface area contributed by atoms with Crippen LogP contribution in [-0.2, 0) is 14.6 Å². The van der Waals surface area contributed by atoms with Gasteiger partial charge < -0.3 is 10.6 Å². The van der Waals surface area contributed by atoms with Crippen molar-refractivity contribution < 1.29 is 13.2 Å². The zero-order chi connectivity index (χ0) is 14.9. The van der Waals surface area contributed by atoms with Crippen molar-refractivity contribution in [3.8, 4) is 0 Å². The third-order valence-electron chi connectivity index (χ3n) is 3.53. The van der Waals surface area contributed by atoms with Crippen LogP contribution in [0.25, 0.3) is 0 Å². The first-order valence-corrected chi connectivity index (χ1v) is 8.34. The number of anilines is 1. The summed E-state index contributed by atoms with van der Waals surface area (Å²) in [7, 11) is -3.75. The second-order valence-corrected chi connectivity index (χ2v) is 7.58. The van der Waals surface area contributed by atoms with Gasteiger partial charge in [0.15, 0.2) is 9.84 Å². The lowest BCUT2D eigenvalue weighted by Crippen LogP contribution is -2.39. The summed E-state index contributed by atoms with van der Waals surface area (Å²) in [5.41, 5.74) is 5.87. The van der Waals surface area contributed by atoms with Gasteiger partial charge in [0.1, 0.15) is 5.25 Å². The van der Waals surface area contributed by atoms with Crippen molar-refractivity contribution >= 4 is 33.0 Å². The fourth-order valence-corrected chi connectivity index (χ4v) is 3.82. The average molecular weight is 317 g/mol. The highest BCUT2D eigenvalue weighted by atomic mass is 35.5. The minimum absolute atomic E-state index is 0.0248. The Balaban J connectivity index is 2.28. The van der Waals surface area contributed by atoms with Crippen molar-refractivity contribution in [1.82, 2.24) is 4.90 Å². The van der Waals surface area contributed by atoms with E-state index in [0.29, 0.717) is 18.8 Å². The van der Waals surface area contributed by atoms with Gasteiger partial charge in [0.2, 0.25) is 5.91 Å². The summed E-state index contributed by atoms with van der Waals surface area (Å²) in [4.78, 5) is 13.8. The van der Waals surface area contributed by atoms with Crippen LogP contribution in [0.4, 0.5) is 5.69 Å². The van der Waals surface area contributed by atoms with Crippen LogP contribution in [0.1, 0.15) is 19.8 Å². The molecule has 0 aliphatic carbocycles. The Kier molecular flexibility index (Phi) is 4.25. The second kappa shape index (κ2) is 5.61. The smallest absolute Gasteiger partial charge is 0.241 e. The fourth-order valence-electron chi connectivity index (χ4n) is 2.22. The molecule has 5 nitrogen and oxygen atoms in total. The number of carbonyl (C=O) groups is 1. The Bertz CT molecular complexity index is 625. The Labute approximate surface area is 123 Å². The van der Waals surface area contributed by atoms with Crippen molar-refractivity contribution in [3.05, 3.63) is 23.2 Å². The second-order valence-electron chi connectivity index (χ2n) is 4.90. The van der Waals surface area contributed by atoms with Gasteiger partial charge in [-0.2, -0.15) is 0 Å². The minimum Gasteiger partial charge on any atom is -0.398 e. The third kappa shape index (κ3) is 2.76. The van der Waals surface area contributed by atoms with Gasteiger partial charge in [-0.05, 0) is 38.0 Å². The van der Waals surface area contributed by atoms with Gasteiger partial charge in [0.05, 0.1) is 15.6 Å². The first-order chi connectivity index (χ1) is 9.34. The van der Waals surface area contributed by atoms with E-state index >= 15 is 0 Å². The predicted octanol–water partition coefficient (Wildman–Crippen LogP) is 1.71. The quantitative estimate of drug-likeness (QED) is 0.861. The molecule has 0 bridgehead atoms. The zero-order valence-corrected chi connectivity index (χ0v) is 12.7. The molecule has 1 saturated heterocycles. The Hall–Kier alpha value is -1.27. The van der Waals surface area contributed by atoms with Gasteiger partial charge in [0, 0.05) is 13.1 Å². The molecule has 1 atom stereocenters. The lowest BCUT2D eigenvalue weighted by atomic mass is 10.3. The van der Waals surface area contributed by atoms with E-state index in [1.54, 1.807) is 4.90 Å². The van der Waals surface area contributed by atoms with Crippen molar-refractivity contribution in [3.63, 3.8) is 0 Å². The molecule has 0 spiro atoms. The molecule has 110 valence electrons. The number of hydrogen-bond donors (Lipinski definition) is 1. The SMILES string of the molecule is CC(C(=O)N1CCCC1)S(=O)(=O)c1ccc(N)c(Cl)c1. The molecule has 0 saturated carbocycles. The maximum Gasteiger partial charge on any atom is 0.241 e. The largest absolute Gasteiger partial charge is 0.398 e. The summed E-state index contributed by atoms with van der Waals surface area (Å²) in [6.07, 6.45) is 1.85. The van der Waals surface area contributed by atoms with Crippen LogP contribution in [0.5, 0.6) is 0 Å². The molecule has 1 heterocycles.